The number of urea groups is 1. The lowest BCUT2D eigenvalue weighted by atomic mass is 10.2. The van der Waals surface area contributed by atoms with Crippen molar-refractivity contribution in [2.45, 2.75) is 12.5 Å². The Morgan fingerprint density at radius 3 is 3.06 bits per heavy atom. The van der Waals surface area contributed by atoms with Crippen molar-refractivity contribution in [3.8, 4) is 0 Å². The molecule has 1 aliphatic rings. The van der Waals surface area contributed by atoms with Gasteiger partial charge in [0, 0.05) is 25.0 Å². The number of nitrogens with zero attached hydrogens (tertiary/aromatic N) is 1. The topological polar surface area (TPSA) is 67.6 Å². The van der Waals surface area contributed by atoms with Gasteiger partial charge in [0.2, 0.25) is 0 Å². The lowest BCUT2D eigenvalue weighted by molar-refractivity contribution is 0.189. The fourth-order valence-corrected chi connectivity index (χ4v) is 1.77. The first-order chi connectivity index (χ1) is 8.16. The number of hydrogen-bond acceptors (Lipinski definition) is 3. The minimum Gasteiger partial charge on any atom is -0.399 e. The lowest BCUT2D eigenvalue weighted by Gasteiger charge is -2.20. The first-order valence-electron chi connectivity index (χ1n) is 5.64. The summed E-state index contributed by atoms with van der Waals surface area (Å²) in [6.45, 7) is 1.31. The van der Waals surface area contributed by atoms with Crippen molar-refractivity contribution in [1.29, 1.82) is 0 Å². The summed E-state index contributed by atoms with van der Waals surface area (Å²) in [5, 5.41) is 2.92. The van der Waals surface area contributed by atoms with Crippen LogP contribution in [0.3, 0.4) is 0 Å². The predicted molar refractivity (Wildman–Crippen MR) is 67.0 cm³/mol. The van der Waals surface area contributed by atoms with Gasteiger partial charge in [-0.3, -0.25) is 4.90 Å². The number of nitrogen functional groups attached to an aromatic ring is 1. The maximum absolute atomic E-state index is 11.9. The van der Waals surface area contributed by atoms with Gasteiger partial charge in [-0.05, 0) is 24.6 Å². The number of hydrogen-bond donors (Lipinski definition) is 2. The lowest BCUT2D eigenvalue weighted by Crippen LogP contribution is -2.43. The molecule has 1 aromatic rings. The van der Waals surface area contributed by atoms with Gasteiger partial charge in [0.05, 0.1) is 12.6 Å². The van der Waals surface area contributed by atoms with Crippen LogP contribution >= 0.6 is 0 Å². The van der Waals surface area contributed by atoms with Crippen LogP contribution in [0, 0.1) is 0 Å². The molecule has 17 heavy (non-hydrogen) atoms. The summed E-state index contributed by atoms with van der Waals surface area (Å²) in [6.07, 6.45) is 0.872. The molecule has 1 aliphatic heterocycles. The molecule has 0 aromatic heterocycles. The van der Waals surface area contributed by atoms with Gasteiger partial charge in [0.25, 0.3) is 0 Å². The van der Waals surface area contributed by atoms with Crippen molar-refractivity contribution < 1.29 is 9.53 Å². The second kappa shape index (κ2) is 5.05. The number of carbonyl (C=O) groups excluding carboxylic acids is 1. The van der Waals surface area contributed by atoms with E-state index in [0.717, 1.165) is 12.1 Å². The number of amides is 2. The van der Waals surface area contributed by atoms with Gasteiger partial charge < -0.3 is 15.8 Å². The van der Waals surface area contributed by atoms with Crippen LogP contribution in [0.4, 0.5) is 16.2 Å². The van der Waals surface area contributed by atoms with Crippen molar-refractivity contribution in [1.82, 2.24) is 5.32 Å². The highest BCUT2D eigenvalue weighted by molar-refractivity contribution is 5.92. The van der Waals surface area contributed by atoms with Crippen LogP contribution in [-0.4, -0.2) is 32.3 Å². The van der Waals surface area contributed by atoms with Gasteiger partial charge in [-0.15, -0.1) is 0 Å². The van der Waals surface area contributed by atoms with Crippen LogP contribution in [0.25, 0.3) is 0 Å². The van der Waals surface area contributed by atoms with Crippen LogP contribution in [-0.2, 0) is 4.74 Å². The summed E-state index contributed by atoms with van der Waals surface area (Å²) in [5.41, 5.74) is 7.11. The molecule has 1 aromatic carbocycles. The van der Waals surface area contributed by atoms with Gasteiger partial charge in [-0.2, -0.15) is 0 Å². The minimum atomic E-state index is -0.133. The van der Waals surface area contributed by atoms with E-state index in [9.17, 15) is 4.79 Å². The van der Waals surface area contributed by atoms with Crippen LogP contribution in [0.5, 0.6) is 0 Å². The third-order valence-corrected chi connectivity index (χ3v) is 2.82. The van der Waals surface area contributed by atoms with Crippen LogP contribution in [0.2, 0.25) is 0 Å². The standard InChI is InChI=1S/C12H17N3O2/c1-15(11-4-2-3-9(13)7-11)12(16)14-10-5-6-17-8-10/h2-4,7,10H,5-6,8,13H2,1H3,(H,14,16). The van der Waals surface area contributed by atoms with E-state index in [1.54, 1.807) is 24.1 Å². The molecule has 2 rings (SSSR count). The van der Waals surface area contributed by atoms with Gasteiger partial charge >= 0.3 is 6.03 Å². The van der Waals surface area contributed by atoms with Crippen molar-refractivity contribution in [2.75, 3.05) is 30.9 Å². The number of nitrogens with one attached hydrogen (secondary N) is 1. The molecular formula is C12H17N3O2. The van der Waals surface area contributed by atoms with Crippen LogP contribution < -0.4 is 16.0 Å². The Labute approximate surface area is 101 Å². The highest BCUT2D eigenvalue weighted by Crippen LogP contribution is 2.16. The molecule has 0 saturated carbocycles. The molecule has 1 atom stereocenters. The van der Waals surface area contributed by atoms with E-state index in [4.69, 9.17) is 10.5 Å². The normalized spacial score (nSPS) is 19.0. The molecule has 2 amide bonds. The van der Waals surface area contributed by atoms with E-state index in [1.807, 2.05) is 12.1 Å². The molecule has 1 unspecified atom stereocenters. The van der Waals surface area contributed by atoms with E-state index >= 15 is 0 Å². The summed E-state index contributed by atoms with van der Waals surface area (Å²) in [5.74, 6) is 0. The zero-order chi connectivity index (χ0) is 12.3. The molecule has 0 radical (unpaired) electrons. The second-order valence-corrected chi connectivity index (χ2v) is 4.16. The Hall–Kier alpha value is -1.75. The predicted octanol–water partition coefficient (Wildman–Crippen LogP) is 1.20. The Morgan fingerprint density at radius 2 is 2.41 bits per heavy atom. The van der Waals surface area contributed by atoms with Gasteiger partial charge in [0.15, 0.2) is 0 Å². The smallest absolute Gasteiger partial charge is 0.321 e. The SMILES string of the molecule is CN(C(=O)NC1CCOC1)c1cccc(N)c1. The maximum atomic E-state index is 11.9. The highest BCUT2D eigenvalue weighted by atomic mass is 16.5. The van der Waals surface area contributed by atoms with Crippen molar-refractivity contribution >= 4 is 17.4 Å². The van der Waals surface area contributed by atoms with Crippen molar-refractivity contribution in [2.24, 2.45) is 0 Å². The number of carbonyl (C=O) groups is 1. The second-order valence-electron chi connectivity index (χ2n) is 4.16. The summed E-state index contributed by atoms with van der Waals surface area (Å²) < 4.78 is 5.21. The number of rotatable bonds is 2. The van der Waals surface area contributed by atoms with E-state index in [2.05, 4.69) is 5.32 Å². The molecule has 0 spiro atoms. The molecule has 1 fully saturated rings. The molecular weight excluding hydrogens is 218 g/mol. The van der Waals surface area contributed by atoms with E-state index < -0.39 is 0 Å². The third-order valence-electron chi connectivity index (χ3n) is 2.82. The quantitative estimate of drug-likeness (QED) is 0.757. The first kappa shape index (κ1) is 11.7. The van der Waals surface area contributed by atoms with Gasteiger partial charge in [-0.1, -0.05) is 6.07 Å². The average Bonchev–Trinajstić information content (AvgIpc) is 2.80. The molecule has 0 bridgehead atoms. The van der Waals surface area contributed by atoms with Crippen LogP contribution in [0.15, 0.2) is 24.3 Å². The Bertz CT molecular complexity index is 402. The largest absolute Gasteiger partial charge is 0.399 e. The zero-order valence-electron chi connectivity index (χ0n) is 9.85. The van der Waals surface area contributed by atoms with Gasteiger partial charge in [0.1, 0.15) is 0 Å². The minimum absolute atomic E-state index is 0.117. The van der Waals surface area contributed by atoms with Crippen LogP contribution in [0.1, 0.15) is 6.42 Å². The molecule has 1 heterocycles. The summed E-state index contributed by atoms with van der Waals surface area (Å²) in [4.78, 5) is 13.5. The summed E-state index contributed by atoms with van der Waals surface area (Å²) >= 11 is 0. The maximum Gasteiger partial charge on any atom is 0.321 e. The molecule has 3 N–H and O–H groups in total. The molecule has 92 valence electrons. The Balaban J connectivity index is 1.98. The van der Waals surface area contributed by atoms with E-state index in [1.165, 1.54) is 0 Å². The molecule has 5 nitrogen and oxygen atoms in total. The average molecular weight is 235 g/mol. The Morgan fingerprint density at radius 1 is 1.59 bits per heavy atom. The van der Waals surface area contributed by atoms with Crippen molar-refractivity contribution in [3.05, 3.63) is 24.3 Å². The summed E-state index contributed by atoms with van der Waals surface area (Å²) in [6, 6.07) is 7.22. The number of nitrogens with two attached hydrogens (primary N) is 1. The third kappa shape index (κ3) is 2.88. The zero-order valence-corrected chi connectivity index (χ0v) is 9.85. The number of ether oxygens (including phenoxy) is 1. The fourth-order valence-electron chi connectivity index (χ4n) is 1.77. The van der Waals surface area contributed by atoms with Gasteiger partial charge in [-0.25, -0.2) is 4.79 Å². The van der Waals surface area contributed by atoms with E-state index in [-0.39, 0.29) is 12.1 Å². The fraction of sp³-hybridized carbons (Fsp3) is 0.417. The number of anilines is 2. The number of benzene rings is 1. The molecule has 5 heteroatoms. The molecule has 1 saturated heterocycles. The Kier molecular flexibility index (Phi) is 3.49. The molecule has 0 aliphatic carbocycles. The highest BCUT2D eigenvalue weighted by Gasteiger charge is 2.20. The first-order valence-corrected chi connectivity index (χ1v) is 5.64. The monoisotopic (exact) mass is 235 g/mol. The van der Waals surface area contributed by atoms with E-state index in [0.29, 0.717) is 18.9 Å². The van der Waals surface area contributed by atoms with Crippen molar-refractivity contribution in [3.63, 3.8) is 0 Å². The summed E-state index contributed by atoms with van der Waals surface area (Å²) in [7, 11) is 1.72.